The predicted molar refractivity (Wildman–Crippen MR) is 144 cm³/mol. The Kier molecular flexibility index (Phi) is 15.6. The number of ether oxygens (including phenoxy) is 2. The molecule has 0 unspecified atom stereocenters. The molecular formula is C28H49NO4S. The Morgan fingerprint density at radius 3 is 2.15 bits per heavy atom. The molecule has 1 aromatic carbocycles. The molecule has 0 aromatic heterocycles. The van der Waals surface area contributed by atoms with E-state index in [1.807, 2.05) is 0 Å². The molecule has 0 bridgehead atoms. The minimum atomic E-state index is -0.327. The fourth-order valence-electron chi connectivity index (χ4n) is 3.94. The van der Waals surface area contributed by atoms with E-state index in [1.54, 1.807) is 25.3 Å². The lowest BCUT2D eigenvalue weighted by atomic mass is 9.92. The predicted octanol–water partition coefficient (Wildman–Crippen LogP) is 7.79. The second-order valence-electron chi connectivity index (χ2n) is 10.0. The molecule has 5 nitrogen and oxygen atoms in total. The number of phenols is 1. The quantitative estimate of drug-likeness (QED) is 0.161. The second-order valence-corrected chi connectivity index (χ2v) is 10.9. The highest BCUT2D eigenvalue weighted by molar-refractivity contribution is 7.98. The second kappa shape index (κ2) is 17.2. The van der Waals surface area contributed by atoms with Gasteiger partial charge in [-0.3, -0.25) is 9.52 Å². The van der Waals surface area contributed by atoms with Crippen molar-refractivity contribution in [2.24, 2.45) is 23.7 Å². The molecular weight excluding hydrogens is 446 g/mol. The normalized spacial score (nSPS) is 16.9. The summed E-state index contributed by atoms with van der Waals surface area (Å²) in [6.45, 7) is 13.4. The molecule has 0 aliphatic carbocycles. The summed E-state index contributed by atoms with van der Waals surface area (Å²) >= 11 is 1.28. The number of aromatic hydroxyl groups is 1. The molecule has 196 valence electrons. The first-order valence-corrected chi connectivity index (χ1v) is 14.0. The Labute approximate surface area is 212 Å². The number of carbonyl (C=O) groups is 1. The first kappa shape index (κ1) is 30.8. The maximum Gasteiger partial charge on any atom is 0.264 e. The highest BCUT2D eigenvalue weighted by atomic mass is 32.2. The van der Waals surface area contributed by atoms with Gasteiger partial charge in [0.2, 0.25) is 0 Å². The Hall–Kier alpha value is -1.24. The van der Waals surface area contributed by atoms with Gasteiger partial charge < -0.3 is 14.6 Å². The fraction of sp³-hybridized carbons (Fsp3) is 0.750. The molecule has 2 N–H and O–H groups in total. The van der Waals surface area contributed by atoms with Gasteiger partial charge in [0.1, 0.15) is 11.2 Å². The van der Waals surface area contributed by atoms with Crippen LogP contribution in [0.1, 0.15) is 103 Å². The van der Waals surface area contributed by atoms with E-state index in [4.69, 9.17) is 9.47 Å². The molecule has 0 spiro atoms. The number of amides is 1. The van der Waals surface area contributed by atoms with E-state index in [-0.39, 0.29) is 40.8 Å². The van der Waals surface area contributed by atoms with Crippen LogP contribution in [0.3, 0.4) is 0 Å². The summed E-state index contributed by atoms with van der Waals surface area (Å²) in [5, 5.41) is 10.00. The van der Waals surface area contributed by atoms with E-state index in [9.17, 15) is 9.90 Å². The van der Waals surface area contributed by atoms with Crippen LogP contribution in [-0.4, -0.2) is 29.8 Å². The monoisotopic (exact) mass is 495 g/mol. The number of phenolic OH excluding ortho intramolecular Hbond substituents is 1. The Bertz CT molecular complexity index is 686. The Morgan fingerprint density at radius 2 is 1.56 bits per heavy atom. The van der Waals surface area contributed by atoms with Gasteiger partial charge in [-0.2, -0.15) is 0 Å². The molecule has 0 fully saturated rings. The number of rotatable bonds is 18. The molecule has 6 atom stereocenters. The molecule has 1 rings (SSSR count). The zero-order valence-corrected chi connectivity index (χ0v) is 23.3. The van der Waals surface area contributed by atoms with Crippen LogP contribution in [0.15, 0.2) is 24.3 Å². The standard InChI is InChI=1S/C28H49NO4S/c1-8-20(3)14-12-15-21(4)16-13-17-23(6)28(33-27(32-7)22(5)9-2)34-29-26(31)24-18-10-11-19-25(24)30/h10-11,18-23,27-28,30H,8-9,12-17H2,1-7H3,(H,29,31)/t20-,21-,22-,23-,27-,28-/m0/s1. The van der Waals surface area contributed by atoms with Crippen molar-refractivity contribution < 1.29 is 19.4 Å². The molecule has 34 heavy (non-hydrogen) atoms. The first-order chi connectivity index (χ1) is 16.2. The van der Waals surface area contributed by atoms with Gasteiger partial charge in [0, 0.05) is 13.0 Å². The molecule has 1 amide bonds. The van der Waals surface area contributed by atoms with E-state index in [0.29, 0.717) is 0 Å². The number of carbonyl (C=O) groups excluding carboxylic acids is 1. The number of para-hydroxylation sites is 1. The SMILES string of the molecule is CC[C@H](C)CCC[C@H](C)CCC[C@H](C)[C@@H](O[C@H](OC)[C@@H](C)CC)SNC(=O)c1ccccc1O. The third kappa shape index (κ3) is 11.5. The van der Waals surface area contributed by atoms with Crippen molar-refractivity contribution in [2.45, 2.75) is 105 Å². The minimum absolute atomic E-state index is 0.0252. The summed E-state index contributed by atoms with van der Waals surface area (Å²) in [6.07, 6.45) is 9.20. The van der Waals surface area contributed by atoms with E-state index in [1.165, 1.54) is 50.1 Å². The van der Waals surface area contributed by atoms with Crippen molar-refractivity contribution in [3.8, 4) is 5.75 Å². The minimum Gasteiger partial charge on any atom is -0.507 e. The number of hydrogen-bond donors (Lipinski definition) is 2. The lowest BCUT2D eigenvalue weighted by molar-refractivity contribution is -0.169. The van der Waals surface area contributed by atoms with Crippen LogP contribution in [-0.2, 0) is 9.47 Å². The van der Waals surface area contributed by atoms with Gasteiger partial charge in [0.05, 0.1) is 5.56 Å². The first-order valence-electron chi connectivity index (χ1n) is 13.2. The van der Waals surface area contributed by atoms with Crippen molar-refractivity contribution in [2.75, 3.05) is 7.11 Å². The van der Waals surface area contributed by atoms with Crippen molar-refractivity contribution >= 4 is 17.9 Å². The summed E-state index contributed by atoms with van der Waals surface area (Å²) in [6, 6.07) is 6.58. The van der Waals surface area contributed by atoms with Crippen molar-refractivity contribution in [3.05, 3.63) is 29.8 Å². The van der Waals surface area contributed by atoms with E-state index < -0.39 is 0 Å². The van der Waals surface area contributed by atoms with Gasteiger partial charge in [-0.05, 0) is 54.7 Å². The third-order valence-corrected chi connectivity index (χ3v) is 8.05. The molecule has 0 aliphatic heterocycles. The lowest BCUT2D eigenvalue weighted by Gasteiger charge is -2.30. The van der Waals surface area contributed by atoms with Crippen LogP contribution in [0.5, 0.6) is 5.75 Å². The smallest absolute Gasteiger partial charge is 0.264 e. The molecule has 0 aliphatic rings. The lowest BCUT2D eigenvalue weighted by Crippen LogP contribution is -2.33. The van der Waals surface area contributed by atoms with Gasteiger partial charge in [-0.1, -0.05) is 92.2 Å². The van der Waals surface area contributed by atoms with Gasteiger partial charge in [0.25, 0.3) is 5.91 Å². The van der Waals surface area contributed by atoms with Crippen molar-refractivity contribution in [1.82, 2.24) is 4.72 Å². The summed E-state index contributed by atoms with van der Waals surface area (Å²) in [4.78, 5) is 12.6. The molecule has 0 radical (unpaired) electrons. The topological polar surface area (TPSA) is 67.8 Å². The average Bonchev–Trinajstić information content (AvgIpc) is 2.83. The van der Waals surface area contributed by atoms with E-state index in [2.05, 4.69) is 46.3 Å². The van der Waals surface area contributed by atoms with Crippen molar-refractivity contribution in [1.29, 1.82) is 0 Å². The number of methoxy groups -OCH3 is 1. The van der Waals surface area contributed by atoms with Gasteiger partial charge >= 0.3 is 0 Å². The largest absolute Gasteiger partial charge is 0.507 e. The number of nitrogens with one attached hydrogen (secondary N) is 1. The molecule has 1 aromatic rings. The Balaban J connectivity index is 2.66. The zero-order chi connectivity index (χ0) is 25.5. The molecule has 0 heterocycles. The highest BCUT2D eigenvalue weighted by Gasteiger charge is 2.27. The van der Waals surface area contributed by atoms with Gasteiger partial charge in [-0.15, -0.1) is 0 Å². The van der Waals surface area contributed by atoms with E-state index >= 15 is 0 Å². The summed E-state index contributed by atoms with van der Waals surface area (Å²) < 4.78 is 14.9. The van der Waals surface area contributed by atoms with Crippen LogP contribution < -0.4 is 4.72 Å². The highest BCUT2D eigenvalue weighted by Crippen LogP contribution is 2.29. The van der Waals surface area contributed by atoms with Crippen molar-refractivity contribution in [3.63, 3.8) is 0 Å². The summed E-state index contributed by atoms with van der Waals surface area (Å²) in [7, 11) is 1.67. The van der Waals surface area contributed by atoms with Crippen LogP contribution >= 0.6 is 11.9 Å². The van der Waals surface area contributed by atoms with Crippen LogP contribution in [0.25, 0.3) is 0 Å². The fourth-order valence-corrected chi connectivity index (χ4v) is 4.81. The zero-order valence-electron chi connectivity index (χ0n) is 22.5. The molecule has 0 saturated heterocycles. The third-order valence-electron chi connectivity index (χ3n) is 6.94. The van der Waals surface area contributed by atoms with Crippen LogP contribution in [0.2, 0.25) is 0 Å². The van der Waals surface area contributed by atoms with Crippen LogP contribution in [0, 0.1) is 23.7 Å². The summed E-state index contributed by atoms with van der Waals surface area (Å²) in [5.41, 5.74) is 0.0207. The molecule has 6 heteroatoms. The summed E-state index contributed by atoms with van der Waals surface area (Å²) in [5.74, 6) is 1.70. The van der Waals surface area contributed by atoms with Gasteiger partial charge in [-0.25, -0.2) is 0 Å². The van der Waals surface area contributed by atoms with Gasteiger partial charge in [0.15, 0.2) is 6.29 Å². The van der Waals surface area contributed by atoms with E-state index in [0.717, 1.165) is 31.1 Å². The number of benzene rings is 1. The maximum absolute atomic E-state index is 12.6. The Morgan fingerprint density at radius 1 is 0.941 bits per heavy atom. The average molecular weight is 496 g/mol. The number of hydrogen-bond acceptors (Lipinski definition) is 5. The van der Waals surface area contributed by atoms with Crippen LogP contribution in [0.4, 0.5) is 0 Å². The maximum atomic E-state index is 12.6. The molecule has 0 saturated carbocycles.